The average molecular weight is 399 g/mol. The topological polar surface area (TPSA) is 93.4 Å². The summed E-state index contributed by atoms with van der Waals surface area (Å²) in [5.41, 5.74) is 0.571. The van der Waals surface area contributed by atoms with E-state index in [1.54, 1.807) is 0 Å². The van der Waals surface area contributed by atoms with Gasteiger partial charge in [-0.3, -0.25) is 9.78 Å². The fourth-order valence-corrected chi connectivity index (χ4v) is 3.86. The molecule has 98 valence electrons. The van der Waals surface area contributed by atoms with Crippen LogP contribution >= 0.6 is 31.9 Å². The van der Waals surface area contributed by atoms with Crippen molar-refractivity contribution >= 4 is 53.5 Å². The Hall–Kier alpha value is -0.510. The van der Waals surface area contributed by atoms with Crippen molar-refractivity contribution in [1.82, 2.24) is 4.98 Å². The lowest BCUT2D eigenvalue weighted by Gasteiger charge is -2.19. The van der Waals surface area contributed by atoms with Crippen LogP contribution in [0.3, 0.4) is 0 Å². The zero-order valence-electron chi connectivity index (χ0n) is 9.01. The molecule has 1 aliphatic heterocycles. The molecule has 1 aromatic rings. The number of nitrogens with zero attached hydrogens (tertiary/aromatic N) is 2. The molecule has 2 rings (SSSR count). The normalized spacial score (nSPS) is 20.5. The summed E-state index contributed by atoms with van der Waals surface area (Å²) < 4.78 is 23.8. The van der Waals surface area contributed by atoms with E-state index in [0.29, 0.717) is 14.6 Å². The number of halogens is 2. The molecule has 0 bridgehead atoms. The minimum atomic E-state index is -3.71. The minimum absolute atomic E-state index is 0.0544. The molecule has 6 nitrogen and oxygen atoms in total. The Morgan fingerprint density at radius 1 is 1.33 bits per heavy atom. The highest BCUT2D eigenvalue weighted by Gasteiger charge is 2.38. The van der Waals surface area contributed by atoms with Gasteiger partial charge in [0, 0.05) is 25.4 Å². The molecule has 1 unspecified atom stereocenters. The van der Waals surface area contributed by atoms with Gasteiger partial charge in [-0.25, -0.2) is 13.6 Å². The lowest BCUT2D eigenvalue weighted by atomic mass is 10.3. The number of carbonyl (C=O) groups is 1. The number of pyridine rings is 1. The van der Waals surface area contributed by atoms with Gasteiger partial charge in [0.15, 0.2) is 0 Å². The van der Waals surface area contributed by atoms with E-state index in [0.717, 1.165) is 0 Å². The lowest BCUT2D eigenvalue weighted by molar-refractivity contribution is -0.117. The van der Waals surface area contributed by atoms with E-state index in [9.17, 15) is 13.2 Å². The first-order valence-electron chi connectivity index (χ1n) is 4.91. The Morgan fingerprint density at radius 3 is 2.33 bits per heavy atom. The van der Waals surface area contributed by atoms with Gasteiger partial charge in [0.25, 0.3) is 0 Å². The molecule has 1 aliphatic rings. The highest BCUT2D eigenvalue weighted by atomic mass is 79.9. The molecule has 0 spiro atoms. The second-order valence-corrected chi connectivity index (χ2v) is 7.42. The molecule has 9 heteroatoms. The number of sulfonamides is 1. The average Bonchev–Trinajstić information content (AvgIpc) is 2.60. The van der Waals surface area contributed by atoms with Crippen LogP contribution in [0.1, 0.15) is 6.42 Å². The van der Waals surface area contributed by atoms with Gasteiger partial charge in [0.05, 0.1) is 14.6 Å². The molecule has 0 aliphatic carbocycles. The quantitative estimate of drug-likeness (QED) is 0.804. The van der Waals surface area contributed by atoms with Gasteiger partial charge in [0.2, 0.25) is 15.9 Å². The zero-order chi connectivity index (χ0) is 13.5. The van der Waals surface area contributed by atoms with Crippen molar-refractivity contribution in [2.75, 3.05) is 11.4 Å². The second kappa shape index (κ2) is 4.87. The van der Waals surface area contributed by atoms with Crippen LogP contribution in [0.15, 0.2) is 21.3 Å². The molecule has 2 heterocycles. The molecule has 0 saturated carbocycles. The highest BCUT2D eigenvalue weighted by molar-refractivity contribution is 9.11. The molecule has 18 heavy (non-hydrogen) atoms. The fraction of sp³-hybridized carbons (Fsp3) is 0.333. The summed E-state index contributed by atoms with van der Waals surface area (Å²) in [7, 11) is -3.71. The molecule has 1 saturated heterocycles. The standard InChI is InChI=1S/C9H9Br2N3O3S/c10-6-2-13-3-7(11)9(6)14-4-5(1-8(14)15)18(12,16)17/h2-3,5H,1,4H2,(H2,12,16,17). The van der Waals surface area contributed by atoms with Crippen LogP contribution in [0.2, 0.25) is 0 Å². The number of hydrogen-bond acceptors (Lipinski definition) is 4. The number of amides is 1. The van der Waals surface area contributed by atoms with Gasteiger partial charge in [-0.2, -0.15) is 0 Å². The Kier molecular flexibility index (Phi) is 3.77. The van der Waals surface area contributed by atoms with Crippen molar-refractivity contribution in [1.29, 1.82) is 0 Å². The van der Waals surface area contributed by atoms with Crippen molar-refractivity contribution in [3.05, 3.63) is 21.3 Å². The molecular weight excluding hydrogens is 390 g/mol. The predicted octanol–water partition coefficient (Wildman–Crippen LogP) is 1.00. The van der Waals surface area contributed by atoms with Crippen LogP contribution in [0, 0.1) is 0 Å². The third-order valence-corrected chi connectivity index (χ3v) is 5.06. The first-order chi connectivity index (χ1) is 8.30. The van der Waals surface area contributed by atoms with E-state index < -0.39 is 15.3 Å². The van der Waals surface area contributed by atoms with Gasteiger partial charge in [0.1, 0.15) is 5.25 Å². The maximum Gasteiger partial charge on any atom is 0.228 e. The van der Waals surface area contributed by atoms with Gasteiger partial charge in [-0.15, -0.1) is 0 Å². The molecule has 0 aromatic carbocycles. The second-order valence-electron chi connectivity index (χ2n) is 3.87. The molecule has 2 N–H and O–H groups in total. The van der Waals surface area contributed by atoms with Crippen LogP contribution in [0.25, 0.3) is 0 Å². The summed E-state index contributed by atoms with van der Waals surface area (Å²) in [5, 5.41) is 4.21. The monoisotopic (exact) mass is 397 g/mol. The molecule has 1 fully saturated rings. The molecule has 1 aromatic heterocycles. The maximum absolute atomic E-state index is 11.9. The Bertz CT molecular complexity index is 585. The predicted molar refractivity (Wildman–Crippen MR) is 73.5 cm³/mol. The van der Waals surface area contributed by atoms with E-state index in [1.165, 1.54) is 17.3 Å². The highest BCUT2D eigenvalue weighted by Crippen LogP contribution is 2.36. The number of aromatic nitrogens is 1. The van der Waals surface area contributed by atoms with E-state index in [1.807, 2.05) is 0 Å². The zero-order valence-corrected chi connectivity index (χ0v) is 13.0. The fourth-order valence-electron chi connectivity index (χ4n) is 1.77. The third-order valence-electron chi connectivity index (χ3n) is 2.65. The number of carbonyl (C=O) groups excluding carboxylic acids is 1. The Labute approximate surface area is 121 Å². The van der Waals surface area contributed by atoms with E-state index in [4.69, 9.17) is 5.14 Å². The van der Waals surface area contributed by atoms with Crippen molar-refractivity contribution in [3.8, 4) is 0 Å². The van der Waals surface area contributed by atoms with E-state index in [2.05, 4.69) is 36.8 Å². The van der Waals surface area contributed by atoms with Crippen LogP contribution in [-0.4, -0.2) is 31.1 Å². The number of nitrogens with two attached hydrogens (primary N) is 1. The molecule has 1 atom stereocenters. The molecule has 0 radical (unpaired) electrons. The number of rotatable bonds is 2. The van der Waals surface area contributed by atoms with Gasteiger partial charge < -0.3 is 4.90 Å². The number of hydrogen-bond donors (Lipinski definition) is 1. The maximum atomic E-state index is 11.9. The van der Waals surface area contributed by atoms with Crippen LogP contribution in [0.4, 0.5) is 5.69 Å². The Morgan fingerprint density at radius 2 is 1.89 bits per heavy atom. The van der Waals surface area contributed by atoms with Gasteiger partial charge in [-0.05, 0) is 31.9 Å². The van der Waals surface area contributed by atoms with Crippen LogP contribution in [-0.2, 0) is 14.8 Å². The van der Waals surface area contributed by atoms with Gasteiger partial charge in [-0.1, -0.05) is 0 Å². The van der Waals surface area contributed by atoms with Crippen molar-refractivity contribution in [2.45, 2.75) is 11.7 Å². The van der Waals surface area contributed by atoms with Crippen LogP contribution < -0.4 is 10.0 Å². The summed E-state index contributed by atoms with van der Waals surface area (Å²) in [4.78, 5) is 17.2. The van der Waals surface area contributed by atoms with Gasteiger partial charge >= 0.3 is 0 Å². The first kappa shape index (κ1) is 13.9. The summed E-state index contributed by atoms with van der Waals surface area (Å²) >= 11 is 6.58. The summed E-state index contributed by atoms with van der Waals surface area (Å²) in [6.45, 7) is 0.0544. The van der Waals surface area contributed by atoms with Crippen molar-refractivity contribution in [3.63, 3.8) is 0 Å². The van der Waals surface area contributed by atoms with Crippen molar-refractivity contribution in [2.24, 2.45) is 5.14 Å². The van der Waals surface area contributed by atoms with Crippen molar-refractivity contribution < 1.29 is 13.2 Å². The smallest absolute Gasteiger partial charge is 0.228 e. The molecular formula is C9H9Br2N3O3S. The number of anilines is 1. The largest absolute Gasteiger partial charge is 0.309 e. The number of primary sulfonamides is 1. The summed E-state index contributed by atoms with van der Waals surface area (Å²) in [5.74, 6) is -0.276. The third kappa shape index (κ3) is 2.58. The summed E-state index contributed by atoms with van der Waals surface area (Å²) in [6, 6.07) is 0. The Balaban J connectivity index is 2.39. The molecule has 1 amide bonds. The SMILES string of the molecule is NS(=O)(=O)C1CC(=O)N(c2c(Br)cncc2Br)C1. The minimum Gasteiger partial charge on any atom is -0.309 e. The lowest BCUT2D eigenvalue weighted by Crippen LogP contribution is -2.32. The van der Waals surface area contributed by atoms with Crippen LogP contribution in [0.5, 0.6) is 0 Å². The van der Waals surface area contributed by atoms with E-state index >= 15 is 0 Å². The van der Waals surface area contributed by atoms with E-state index in [-0.39, 0.29) is 18.9 Å². The first-order valence-corrected chi connectivity index (χ1v) is 8.11. The summed E-state index contributed by atoms with van der Waals surface area (Å²) in [6.07, 6.45) is 2.98.